The minimum absolute atomic E-state index is 0.00205. The molecule has 0 saturated carbocycles. The van der Waals surface area contributed by atoms with E-state index in [1.165, 1.54) is 35.9 Å². The highest BCUT2D eigenvalue weighted by Crippen LogP contribution is 2.34. The fourth-order valence-corrected chi connectivity index (χ4v) is 5.01. The molecule has 2 aliphatic rings. The summed E-state index contributed by atoms with van der Waals surface area (Å²) in [6.07, 6.45) is 6.58. The van der Waals surface area contributed by atoms with Crippen LogP contribution < -0.4 is 4.90 Å². The molecule has 2 aromatic carbocycles. The number of carbonyl (C=O) groups is 1. The van der Waals surface area contributed by atoms with Crippen molar-refractivity contribution in [3.05, 3.63) is 58.5 Å². The molecule has 2 fully saturated rings. The van der Waals surface area contributed by atoms with Crippen LogP contribution in [0.3, 0.4) is 0 Å². The van der Waals surface area contributed by atoms with Gasteiger partial charge in [0.25, 0.3) is 5.91 Å². The van der Waals surface area contributed by atoms with E-state index < -0.39 is 0 Å². The highest BCUT2D eigenvalue weighted by molar-refractivity contribution is 8.18. The van der Waals surface area contributed by atoms with Gasteiger partial charge in [-0.1, -0.05) is 12.1 Å². The predicted molar refractivity (Wildman–Crippen MR) is 126 cm³/mol. The monoisotopic (exact) mass is 423 g/mol. The largest absolute Gasteiger partial charge is 0.372 e. The van der Waals surface area contributed by atoms with E-state index >= 15 is 0 Å². The lowest BCUT2D eigenvalue weighted by Crippen LogP contribution is -2.23. The molecule has 0 bridgehead atoms. The van der Waals surface area contributed by atoms with Gasteiger partial charge in [-0.15, -0.1) is 11.8 Å². The fourth-order valence-electron chi connectivity index (χ4n) is 3.58. The topological polar surface area (TPSA) is 35.9 Å². The molecular weight excluding hydrogens is 398 g/mol. The number of rotatable bonds is 4. The fraction of sp³-hybridized carbons (Fsp3) is 0.304. The molecule has 2 aliphatic heterocycles. The molecule has 0 radical (unpaired) electrons. The van der Waals surface area contributed by atoms with Gasteiger partial charge in [0.2, 0.25) is 0 Å². The third-order valence-corrected chi connectivity index (χ3v) is 7.08. The van der Waals surface area contributed by atoms with Crippen molar-refractivity contribution in [1.82, 2.24) is 4.90 Å². The summed E-state index contributed by atoms with van der Waals surface area (Å²) in [5.41, 5.74) is 4.42. The smallest absolute Gasteiger partial charge is 0.266 e. The van der Waals surface area contributed by atoms with Gasteiger partial charge in [0.1, 0.15) is 0 Å². The molecule has 2 aromatic rings. The maximum absolute atomic E-state index is 12.8. The average Bonchev–Trinajstić information content (AvgIpc) is 3.35. The number of hydrogen-bond acceptors (Lipinski definition) is 5. The highest BCUT2D eigenvalue weighted by Gasteiger charge is 2.30. The number of amides is 1. The van der Waals surface area contributed by atoms with Gasteiger partial charge >= 0.3 is 0 Å². The van der Waals surface area contributed by atoms with Crippen molar-refractivity contribution in [3.63, 3.8) is 0 Å². The third kappa shape index (κ3) is 4.38. The number of aryl methyl sites for hydroxylation is 1. The number of thioether (sulfide) groups is 2. The van der Waals surface area contributed by atoms with Crippen LogP contribution in [0.2, 0.25) is 0 Å². The second kappa shape index (κ2) is 8.67. The number of hydrogen-bond donors (Lipinski definition) is 0. The molecule has 0 aliphatic carbocycles. The number of likely N-dealkylation sites (N-methyl/N-ethyl adjacent to an activating group) is 1. The van der Waals surface area contributed by atoms with E-state index in [0.717, 1.165) is 29.2 Å². The van der Waals surface area contributed by atoms with Gasteiger partial charge in [-0.25, -0.2) is 4.99 Å². The summed E-state index contributed by atoms with van der Waals surface area (Å²) in [7, 11) is 1.79. The molecule has 0 unspecified atom stereocenters. The zero-order valence-corrected chi connectivity index (χ0v) is 18.6. The van der Waals surface area contributed by atoms with E-state index in [9.17, 15) is 4.79 Å². The van der Waals surface area contributed by atoms with Crippen LogP contribution in [0.4, 0.5) is 11.4 Å². The second-order valence-corrected chi connectivity index (χ2v) is 9.19. The first-order chi connectivity index (χ1) is 14.0. The molecule has 1 amide bonds. The first kappa shape index (κ1) is 20.1. The first-order valence-electron chi connectivity index (χ1n) is 9.81. The van der Waals surface area contributed by atoms with Crippen molar-refractivity contribution >= 4 is 52.0 Å². The van der Waals surface area contributed by atoms with Crippen LogP contribution in [0.1, 0.15) is 24.0 Å². The predicted octanol–water partition coefficient (Wildman–Crippen LogP) is 5.55. The number of aliphatic imine (C=N–C) groups is 1. The summed E-state index contributed by atoms with van der Waals surface area (Å²) < 4.78 is 0. The molecule has 0 spiro atoms. The molecule has 4 nitrogen and oxygen atoms in total. The standard InChI is InChI=1S/C23H25N3OS2/c1-16-13-19(26-11-4-5-12-26)10-9-17(16)14-21-22(27)25(2)23(29-21)24-18-7-6-8-20(15-18)28-3/h6-10,13-15H,4-5,11-12H2,1-3H3/b21-14+,24-23?. The van der Waals surface area contributed by atoms with Gasteiger partial charge in [-0.05, 0) is 85.3 Å². The molecule has 0 N–H and O–H groups in total. The second-order valence-electron chi connectivity index (χ2n) is 7.31. The van der Waals surface area contributed by atoms with E-state index in [4.69, 9.17) is 4.99 Å². The summed E-state index contributed by atoms with van der Waals surface area (Å²) in [5.74, 6) is -0.00205. The Morgan fingerprint density at radius 1 is 1.14 bits per heavy atom. The molecule has 2 heterocycles. The van der Waals surface area contributed by atoms with Crippen LogP contribution in [-0.2, 0) is 4.79 Å². The Labute approximate surface area is 181 Å². The van der Waals surface area contributed by atoms with Crippen molar-refractivity contribution in [2.75, 3.05) is 31.3 Å². The Balaban J connectivity index is 1.58. The molecule has 4 rings (SSSR count). The molecule has 6 heteroatoms. The Kier molecular flexibility index (Phi) is 6.01. The van der Waals surface area contributed by atoms with Gasteiger partial charge in [-0.3, -0.25) is 9.69 Å². The Bertz CT molecular complexity index is 993. The van der Waals surface area contributed by atoms with Crippen LogP contribution in [-0.4, -0.2) is 42.4 Å². The lowest BCUT2D eigenvalue weighted by Gasteiger charge is -2.18. The van der Waals surface area contributed by atoms with E-state index in [1.54, 1.807) is 23.7 Å². The first-order valence-corrected chi connectivity index (χ1v) is 11.9. The molecule has 0 aromatic heterocycles. The summed E-state index contributed by atoms with van der Waals surface area (Å²) in [5, 5.41) is 0.714. The minimum Gasteiger partial charge on any atom is -0.372 e. The average molecular weight is 424 g/mol. The quantitative estimate of drug-likeness (QED) is 0.477. The van der Waals surface area contributed by atoms with Gasteiger partial charge in [0.15, 0.2) is 5.17 Å². The van der Waals surface area contributed by atoms with Crippen LogP contribution in [0.15, 0.2) is 57.3 Å². The van der Waals surface area contributed by atoms with Crippen molar-refractivity contribution in [1.29, 1.82) is 0 Å². The maximum Gasteiger partial charge on any atom is 0.266 e. The van der Waals surface area contributed by atoms with Gasteiger partial charge in [0.05, 0.1) is 10.6 Å². The van der Waals surface area contributed by atoms with Gasteiger partial charge < -0.3 is 4.90 Å². The zero-order valence-electron chi connectivity index (χ0n) is 17.0. The minimum atomic E-state index is -0.00205. The third-order valence-electron chi connectivity index (χ3n) is 5.29. The van der Waals surface area contributed by atoms with Crippen LogP contribution in [0.5, 0.6) is 0 Å². The maximum atomic E-state index is 12.8. The van der Waals surface area contributed by atoms with E-state index in [0.29, 0.717) is 10.1 Å². The molecular formula is C23H25N3OS2. The van der Waals surface area contributed by atoms with E-state index in [1.807, 2.05) is 30.5 Å². The van der Waals surface area contributed by atoms with Gasteiger partial charge in [-0.2, -0.15) is 0 Å². The van der Waals surface area contributed by atoms with Crippen LogP contribution in [0.25, 0.3) is 6.08 Å². The molecule has 0 atom stereocenters. The molecule has 2 saturated heterocycles. The number of carbonyl (C=O) groups excluding carboxylic acids is 1. The van der Waals surface area contributed by atoms with E-state index in [2.05, 4.69) is 36.1 Å². The Morgan fingerprint density at radius 3 is 2.66 bits per heavy atom. The normalized spacial score (nSPS) is 19.8. The number of nitrogens with zero attached hydrogens (tertiary/aromatic N) is 3. The molecule has 150 valence electrons. The van der Waals surface area contributed by atoms with Crippen molar-refractivity contribution in [2.45, 2.75) is 24.7 Å². The van der Waals surface area contributed by atoms with Gasteiger partial charge in [0, 0.05) is 30.7 Å². The molecule has 29 heavy (non-hydrogen) atoms. The van der Waals surface area contributed by atoms with Crippen LogP contribution in [0, 0.1) is 6.92 Å². The Hall–Kier alpha value is -2.18. The highest BCUT2D eigenvalue weighted by atomic mass is 32.2. The Morgan fingerprint density at radius 2 is 1.93 bits per heavy atom. The summed E-state index contributed by atoms with van der Waals surface area (Å²) in [6.45, 7) is 4.38. The zero-order chi connectivity index (χ0) is 20.4. The summed E-state index contributed by atoms with van der Waals surface area (Å²) in [6, 6.07) is 14.6. The number of amidine groups is 1. The van der Waals surface area contributed by atoms with E-state index in [-0.39, 0.29) is 5.91 Å². The van der Waals surface area contributed by atoms with Crippen LogP contribution >= 0.6 is 23.5 Å². The lowest BCUT2D eigenvalue weighted by molar-refractivity contribution is -0.121. The summed E-state index contributed by atoms with van der Waals surface area (Å²) in [4.78, 5) is 23.4. The van der Waals surface area contributed by atoms with Crippen molar-refractivity contribution in [3.8, 4) is 0 Å². The SMILES string of the molecule is CSc1cccc(N=C2S/C(=C/c3ccc(N4CCCC4)cc3C)C(=O)N2C)c1. The van der Waals surface area contributed by atoms with Crippen molar-refractivity contribution in [2.24, 2.45) is 4.99 Å². The lowest BCUT2D eigenvalue weighted by atomic mass is 10.1. The summed E-state index contributed by atoms with van der Waals surface area (Å²) >= 11 is 3.12. The number of benzene rings is 2. The number of anilines is 1. The van der Waals surface area contributed by atoms with Crippen molar-refractivity contribution < 1.29 is 4.79 Å².